The lowest BCUT2D eigenvalue weighted by atomic mass is 10.1. The van der Waals surface area contributed by atoms with Gasteiger partial charge < -0.3 is 5.32 Å². The zero-order chi connectivity index (χ0) is 14.3. The van der Waals surface area contributed by atoms with Crippen LogP contribution in [0.4, 0.5) is 5.69 Å². The third kappa shape index (κ3) is 2.30. The predicted molar refractivity (Wildman–Crippen MR) is 71.7 cm³/mol. The lowest BCUT2D eigenvalue weighted by Gasteiger charge is -2.23. The number of nitrogens with one attached hydrogen (secondary N) is 2. The van der Waals surface area contributed by atoms with Crippen LogP contribution in [0.2, 0.25) is 0 Å². The van der Waals surface area contributed by atoms with Crippen molar-refractivity contribution in [3.05, 3.63) is 34.4 Å². The van der Waals surface area contributed by atoms with E-state index in [1.165, 1.54) is 24.3 Å². The van der Waals surface area contributed by atoms with E-state index in [-0.39, 0.29) is 17.0 Å². The Labute approximate surface area is 116 Å². The number of nitro benzene ring substituents is 1. The molecule has 0 radical (unpaired) electrons. The first-order valence-corrected chi connectivity index (χ1v) is 7.95. The summed E-state index contributed by atoms with van der Waals surface area (Å²) in [6, 6.07) is 5.36. The van der Waals surface area contributed by atoms with Gasteiger partial charge in [0.1, 0.15) is 0 Å². The molecule has 20 heavy (non-hydrogen) atoms. The van der Waals surface area contributed by atoms with Crippen LogP contribution < -0.4 is 10.0 Å². The second-order valence-electron chi connectivity index (χ2n) is 5.30. The number of fused-ring (bicyclic) bond motifs is 2. The van der Waals surface area contributed by atoms with Crippen LogP contribution in [0.15, 0.2) is 29.2 Å². The molecular weight excluding hydrogens is 282 g/mol. The average Bonchev–Trinajstić information content (AvgIpc) is 3.00. The van der Waals surface area contributed by atoms with Crippen molar-refractivity contribution in [2.24, 2.45) is 5.92 Å². The SMILES string of the molecule is O=[N+]([O-])c1ccccc1S(=O)(=O)NC1CC2CNC1C2. The van der Waals surface area contributed by atoms with E-state index in [1.54, 1.807) is 0 Å². The molecule has 3 atom stereocenters. The fraction of sp³-hybridized carbons (Fsp3) is 0.500. The summed E-state index contributed by atoms with van der Waals surface area (Å²) < 4.78 is 27.3. The average molecular weight is 297 g/mol. The summed E-state index contributed by atoms with van der Waals surface area (Å²) in [6.45, 7) is 0.925. The molecule has 7 nitrogen and oxygen atoms in total. The van der Waals surface area contributed by atoms with Crippen molar-refractivity contribution < 1.29 is 13.3 Å². The van der Waals surface area contributed by atoms with Gasteiger partial charge in [0.15, 0.2) is 4.90 Å². The van der Waals surface area contributed by atoms with Gasteiger partial charge in [0, 0.05) is 18.2 Å². The van der Waals surface area contributed by atoms with Gasteiger partial charge in [0.05, 0.1) is 4.92 Å². The highest BCUT2D eigenvalue weighted by Gasteiger charge is 2.42. The number of nitro groups is 1. The van der Waals surface area contributed by atoms with E-state index in [0.717, 1.165) is 19.4 Å². The molecule has 1 aromatic carbocycles. The molecule has 108 valence electrons. The van der Waals surface area contributed by atoms with Crippen molar-refractivity contribution in [2.75, 3.05) is 6.54 Å². The minimum Gasteiger partial charge on any atom is -0.312 e. The number of piperidine rings is 1. The standard InChI is InChI=1S/C12H15N3O4S/c16-15(17)11-3-1-2-4-12(11)20(18,19)14-10-6-8-5-9(10)13-7-8/h1-4,8-10,13-14H,5-7H2. The molecule has 0 aromatic heterocycles. The Kier molecular flexibility index (Phi) is 3.23. The van der Waals surface area contributed by atoms with Crippen molar-refractivity contribution in [3.8, 4) is 0 Å². The van der Waals surface area contributed by atoms with E-state index in [0.29, 0.717) is 5.92 Å². The van der Waals surface area contributed by atoms with Crippen LogP contribution in [0.3, 0.4) is 0 Å². The summed E-state index contributed by atoms with van der Waals surface area (Å²) in [7, 11) is -3.87. The van der Waals surface area contributed by atoms with E-state index in [9.17, 15) is 18.5 Å². The van der Waals surface area contributed by atoms with E-state index in [2.05, 4.69) is 10.0 Å². The molecule has 8 heteroatoms. The Hall–Kier alpha value is -1.51. The molecule has 1 heterocycles. The topological polar surface area (TPSA) is 101 Å². The van der Waals surface area contributed by atoms with Gasteiger partial charge >= 0.3 is 0 Å². The Balaban J connectivity index is 1.87. The summed E-state index contributed by atoms with van der Waals surface area (Å²) in [5, 5.41) is 14.2. The highest BCUT2D eigenvalue weighted by molar-refractivity contribution is 7.89. The molecule has 1 aliphatic carbocycles. The lowest BCUT2D eigenvalue weighted by Crippen LogP contribution is -2.47. The van der Waals surface area contributed by atoms with E-state index in [4.69, 9.17) is 0 Å². The van der Waals surface area contributed by atoms with Gasteiger partial charge in [-0.1, -0.05) is 12.1 Å². The monoisotopic (exact) mass is 297 g/mol. The number of hydrogen-bond acceptors (Lipinski definition) is 5. The van der Waals surface area contributed by atoms with Crippen molar-refractivity contribution in [1.29, 1.82) is 0 Å². The van der Waals surface area contributed by atoms with Crippen molar-refractivity contribution in [1.82, 2.24) is 10.0 Å². The molecule has 3 rings (SSSR count). The molecule has 2 bridgehead atoms. The van der Waals surface area contributed by atoms with Crippen LogP contribution in [0.25, 0.3) is 0 Å². The van der Waals surface area contributed by atoms with Gasteiger partial charge in [-0.15, -0.1) is 0 Å². The Morgan fingerprint density at radius 3 is 2.65 bits per heavy atom. The minimum atomic E-state index is -3.87. The third-order valence-corrected chi connectivity index (χ3v) is 5.52. The molecular formula is C12H15N3O4S. The summed E-state index contributed by atoms with van der Waals surface area (Å²) >= 11 is 0. The molecule has 2 N–H and O–H groups in total. The minimum absolute atomic E-state index is 0.137. The maximum absolute atomic E-state index is 12.3. The Morgan fingerprint density at radius 1 is 1.30 bits per heavy atom. The molecule has 1 aromatic rings. The number of para-hydroxylation sites is 1. The molecule has 2 aliphatic rings. The molecule has 0 spiro atoms. The summed E-state index contributed by atoms with van der Waals surface area (Å²) in [4.78, 5) is 9.99. The maximum Gasteiger partial charge on any atom is 0.289 e. The fourth-order valence-corrected chi connectivity index (χ4v) is 4.54. The van der Waals surface area contributed by atoms with Gasteiger partial charge in [0.2, 0.25) is 10.0 Å². The summed E-state index contributed by atoms with van der Waals surface area (Å²) in [5.74, 6) is 0.499. The second-order valence-corrected chi connectivity index (χ2v) is 6.99. The lowest BCUT2D eigenvalue weighted by molar-refractivity contribution is -0.387. The molecule has 1 aliphatic heterocycles. The van der Waals surface area contributed by atoms with Crippen LogP contribution >= 0.6 is 0 Å². The fourth-order valence-electron chi connectivity index (χ4n) is 3.08. The first kappa shape index (κ1) is 13.5. The van der Waals surface area contributed by atoms with Crippen LogP contribution in [-0.4, -0.2) is 32.0 Å². The maximum atomic E-state index is 12.3. The van der Waals surface area contributed by atoms with Crippen LogP contribution in [0, 0.1) is 16.0 Å². The van der Waals surface area contributed by atoms with Gasteiger partial charge in [-0.25, -0.2) is 13.1 Å². The number of benzene rings is 1. The second kappa shape index (κ2) is 4.80. The number of rotatable bonds is 4. The van der Waals surface area contributed by atoms with Gasteiger partial charge in [-0.2, -0.15) is 0 Å². The van der Waals surface area contributed by atoms with Crippen LogP contribution in [0.5, 0.6) is 0 Å². The zero-order valence-corrected chi connectivity index (χ0v) is 11.5. The molecule has 1 saturated carbocycles. The highest BCUT2D eigenvalue weighted by atomic mass is 32.2. The van der Waals surface area contributed by atoms with Gasteiger partial charge in [-0.05, 0) is 31.4 Å². The highest BCUT2D eigenvalue weighted by Crippen LogP contribution is 2.32. The Morgan fingerprint density at radius 2 is 2.05 bits per heavy atom. The number of nitrogens with zero attached hydrogens (tertiary/aromatic N) is 1. The molecule has 3 unspecified atom stereocenters. The quantitative estimate of drug-likeness (QED) is 0.627. The summed E-state index contributed by atoms with van der Waals surface area (Å²) in [5.41, 5.74) is -0.392. The smallest absolute Gasteiger partial charge is 0.289 e. The van der Waals surface area contributed by atoms with Crippen molar-refractivity contribution >= 4 is 15.7 Å². The van der Waals surface area contributed by atoms with Crippen LogP contribution in [0.1, 0.15) is 12.8 Å². The zero-order valence-electron chi connectivity index (χ0n) is 10.7. The van der Waals surface area contributed by atoms with E-state index < -0.39 is 20.6 Å². The van der Waals surface area contributed by atoms with Gasteiger partial charge in [0.25, 0.3) is 5.69 Å². The number of hydrogen-bond donors (Lipinski definition) is 2. The van der Waals surface area contributed by atoms with Crippen LogP contribution in [-0.2, 0) is 10.0 Å². The third-order valence-electron chi connectivity index (χ3n) is 3.99. The largest absolute Gasteiger partial charge is 0.312 e. The Bertz CT molecular complexity index is 646. The van der Waals surface area contributed by atoms with Crippen molar-refractivity contribution in [2.45, 2.75) is 29.8 Å². The molecule has 0 amide bonds. The van der Waals surface area contributed by atoms with Gasteiger partial charge in [-0.3, -0.25) is 10.1 Å². The first-order valence-electron chi connectivity index (χ1n) is 6.46. The van der Waals surface area contributed by atoms with Crippen molar-refractivity contribution in [3.63, 3.8) is 0 Å². The normalized spacial score (nSPS) is 28.7. The number of sulfonamides is 1. The first-order chi connectivity index (χ1) is 9.47. The summed E-state index contributed by atoms with van der Waals surface area (Å²) in [6.07, 6.45) is 1.75. The predicted octanol–water partition coefficient (Wildman–Crippen LogP) is 0.623. The van der Waals surface area contributed by atoms with E-state index >= 15 is 0 Å². The molecule has 1 saturated heterocycles. The van der Waals surface area contributed by atoms with E-state index in [1.807, 2.05) is 0 Å². The molecule has 2 fully saturated rings.